The zero-order valence-corrected chi connectivity index (χ0v) is 12.3. The molecule has 0 fully saturated rings. The van der Waals surface area contributed by atoms with E-state index in [9.17, 15) is 9.59 Å². The molecule has 1 amide bonds. The number of imidazole rings is 1. The average Bonchev–Trinajstić information content (AvgIpc) is 2.90. The highest BCUT2D eigenvalue weighted by atomic mass is 32.1. The fraction of sp³-hybridized carbons (Fsp3) is 0.462. The number of esters is 1. The molecule has 0 aromatic carbocycles. The van der Waals surface area contributed by atoms with Gasteiger partial charge in [-0.05, 0) is 13.8 Å². The molecule has 7 heteroatoms. The quantitative estimate of drug-likeness (QED) is 0.816. The van der Waals surface area contributed by atoms with Gasteiger partial charge in [-0.25, -0.2) is 4.98 Å². The lowest BCUT2D eigenvalue weighted by Gasteiger charge is -2.04. The van der Waals surface area contributed by atoms with Crippen molar-refractivity contribution < 1.29 is 14.3 Å². The topological polar surface area (TPSA) is 72.7 Å². The molecule has 0 aliphatic rings. The summed E-state index contributed by atoms with van der Waals surface area (Å²) in [6, 6.07) is 0. The molecule has 0 atom stereocenters. The molecule has 2 aromatic heterocycles. The summed E-state index contributed by atoms with van der Waals surface area (Å²) in [4.78, 5) is 28.2. The second-order valence-corrected chi connectivity index (χ2v) is 5.18. The maximum atomic E-state index is 11.8. The van der Waals surface area contributed by atoms with E-state index in [1.807, 2.05) is 22.9 Å². The summed E-state index contributed by atoms with van der Waals surface area (Å²) in [6.07, 6.45) is 2.38. The van der Waals surface area contributed by atoms with Gasteiger partial charge in [0.2, 0.25) is 5.91 Å². The average molecular weight is 295 g/mol. The zero-order valence-electron chi connectivity index (χ0n) is 11.5. The van der Waals surface area contributed by atoms with Crippen molar-refractivity contribution in [1.82, 2.24) is 14.7 Å². The van der Waals surface area contributed by atoms with E-state index in [4.69, 9.17) is 4.74 Å². The van der Waals surface area contributed by atoms with Gasteiger partial charge in [-0.1, -0.05) is 0 Å². The maximum Gasteiger partial charge on any atom is 0.307 e. The van der Waals surface area contributed by atoms with Gasteiger partial charge in [-0.3, -0.25) is 14.0 Å². The fourth-order valence-corrected chi connectivity index (χ4v) is 2.75. The van der Waals surface area contributed by atoms with Crippen molar-refractivity contribution in [3.63, 3.8) is 0 Å². The van der Waals surface area contributed by atoms with Crippen molar-refractivity contribution >= 4 is 28.2 Å². The number of hydrogen-bond acceptors (Lipinski definition) is 5. The minimum Gasteiger partial charge on any atom is -0.466 e. The van der Waals surface area contributed by atoms with E-state index in [1.165, 1.54) is 11.3 Å². The normalized spacial score (nSPS) is 10.7. The molecule has 20 heavy (non-hydrogen) atoms. The van der Waals surface area contributed by atoms with E-state index in [0.29, 0.717) is 13.2 Å². The Hall–Kier alpha value is -1.89. The van der Waals surface area contributed by atoms with Crippen LogP contribution in [-0.4, -0.2) is 34.4 Å². The van der Waals surface area contributed by atoms with Crippen LogP contribution in [0, 0.1) is 6.92 Å². The molecule has 2 rings (SSSR count). The Morgan fingerprint density at radius 2 is 2.30 bits per heavy atom. The SMILES string of the molecule is CCOC(=O)CCNC(=O)Cc1csc2nc(C)cn12. The second kappa shape index (κ2) is 6.51. The monoisotopic (exact) mass is 295 g/mol. The summed E-state index contributed by atoms with van der Waals surface area (Å²) >= 11 is 1.51. The Kier molecular flexibility index (Phi) is 4.73. The molecule has 0 saturated heterocycles. The first-order chi connectivity index (χ1) is 9.60. The van der Waals surface area contributed by atoms with Gasteiger partial charge in [-0.15, -0.1) is 11.3 Å². The van der Waals surface area contributed by atoms with E-state index in [0.717, 1.165) is 16.3 Å². The second-order valence-electron chi connectivity index (χ2n) is 4.34. The van der Waals surface area contributed by atoms with E-state index in [2.05, 4.69) is 10.3 Å². The van der Waals surface area contributed by atoms with Gasteiger partial charge >= 0.3 is 5.97 Å². The molecular formula is C13H17N3O3S. The largest absolute Gasteiger partial charge is 0.466 e. The molecule has 6 nitrogen and oxygen atoms in total. The lowest BCUT2D eigenvalue weighted by atomic mass is 10.3. The molecule has 2 heterocycles. The van der Waals surface area contributed by atoms with E-state index in [-0.39, 0.29) is 24.7 Å². The fourth-order valence-electron chi connectivity index (χ4n) is 1.83. The number of rotatable bonds is 6. The van der Waals surface area contributed by atoms with Crippen molar-refractivity contribution in [3.8, 4) is 0 Å². The van der Waals surface area contributed by atoms with Crippen molar-refractivity contribution in [2.45, 2.75) is 26.7 Å². The van der Waals surface area contributed by atoms with Crippen molar-refractivity contribution in [3.05, 3.63) is 23.0 Å². The highest BCUT2D eigenvalue weighted by molar-refractivity contribution is 7.15. The Morgan fingerprint density at radius 1 is 1.50 bits per heavy atom. The predicted octanol–water partition coefficient (Wildman–Crippen LogP) is 1.32. The lowest BCUT2D eigenvalue weighted by Crippen LogP contribution is -2.28. The summed E-state index contributed by atoms with van der Waals surface area (Å²) in [6.45, 7) is 4.34. The third-order valence-electron chi connectivity index (χ3n) is 2.70. The number of nitrogens with one attached hydrogen (secondary N) is 1. The van der Waals surface area contributed by atoms with Crippen molar-refractivity contribution in [2.24, 2.45) is 0 Å². The lowest BCUT2D eigenvalue weighted by molar-refractivity contribution is -0.143. The number of carbonyl (C=O) groups is 2. The smallest absolute Gasteiger partial charge is 0.307 e. The van der Waals surface area contributed by atoms with Gasteiger partial charge in [0.25, 0.3) is 0 Å². The number of carbonyl (C=O) groups excluding carboxylic acids is 2. The van der Waals surface area contributed by atoms with E-state index in [1.54, 1.807) is 6.92 Å². The highest BCUT2D eigenvalue weighted by Gasteiger charge is 2.10. The molecule has 0 aliphatic carbocycles. The minimum absolute atomic E-state index is 0.111. The number of fused-ring (bicyclic) bond motifs is 1. The number of ether oxygens (including phenoxy) is 1. The van der Waals surface area contributed by atoms with Gasteiger partial charge in [0.15, 0.2) is 4.96 Å². The zero-order chi connectivity index (χ0) is 14.5. The number of aryl methyl sites for hydroxylation is 1. The van der Waals surface area contributed by atoms with Crippen LogP contribution < -0.4 is 5.32 Å². The van der Waals surface area contributed by atoms with E-state index < -0.39 is 0 Å². The number of nitrogens with zero attached hydrogens (tertiary/aromatic N) is 2. The van der Waals surface area contributed by atoms with Gasteiger partial charge in [0.05, 0.1) is 25.1 Å². The Morgan fingerprint density at radius 3 is 3.05 bits per heavy atom. The van der Waals surface area contributed by atoms with Crippen LogP contribution in [0.15, 0.2) is 11.6 Å². The standard InChI is InChI=1S/C13H17N3O3S/c1-3-19-12(18)4-5-14-11(17)6-10-8-20-13-15-9(2)7-16(10)13/h7-8H,3-6H2,1-2H3,(H,14,17). The van der Waals surface area contributed by atoms with E-state index >= 15 is 0 Å². The third kappa shape index (κ3) is 3.57. The number of thiazole rings is 1. The molecule has 0 saturated carbocycles. The Bertz CT molecular complexity index is 617. The van der Waals surface area contributed by atoms with Crippen LogP contribution in [0.25, 0.3) is 4.96 Å². The predicted molar refractivity (Wildman–Crippen MR) is 75.8 cm³/mol. The molecule has 108 valence electrons. The van der Waals surface area contributed by atoms with Crippen LogP contribution >= 0.6 is 11.3 Å². The van der Waals surface area contributed by atoms with Gasteiger partial charge in [-0.2, -0.15) is 0 Å². The number of amides is 1. The summed E-state index contributed by atoms with van der Waals surface area (Å²) in [5, 5.41) is 4.64. The third-order valence-corrected chi connectivity index (χ3v) is 3.59. The first-order valence-corrected chi connectivity index (χ1v) is 7.32. The molecule has 0 aliphatic heterocycles. The molecule has 0 radical (unpaired) electrons. The van der Waals surface area contributed by atoms with Crippen LogP contribution in [0.2, 0.25) is 0 Å². The number of hydrogen-bond donors (Lipinski definition) is 1. The number of aromatic nitrogens is 2. The van der Waals surface area contributed by atoms with Gasteiger partial charge in [0, 0.05) is 23.8 Å². The van der Waals surface area contributed by atoms with Crippen LogP contribution in [0.5, 0.6) is 0 Å². The molecule has 2 aromatic rings. The van der Waals surface area contributed by atoms with Crippen molar-refractivity contribution in [1.29, 1.82) is 0 Å². The van der Waals surface area contributed by atoms with Crippen molar-refractivity contribution in [2.75, 3.05) is 13.2 Å². The van der Waals surface area contributed by atoms with Gasteiger partial charge < -0.3 is 10.1 Å². The summed E-state index contributed by atoms with van der Waals surface area (Å²) in [5.41, 5.74) is 1.83. The minimum atomic E-state index is -0.295. The highest BCUT2D eigenvalue weighted by Crippen LogP contribution is 2.16. The first kappa shape index (κ1) is 14.5. The molecule has 0 bridgehead atoms. The van der Waals surface area contributed by atoms with Gasteiger partial charge in [0.1, 0.15) is 0 Å². The molecule has 0 unspecified atom stereocenters. The summed E-state index contributed by atoms with van der Waals surface area (Å²) in [5.74, 6) is -0.406. The maximum absolute atomic E-state index is 11.8. The Labute approximate surface area is 120 Å². The summed E-state index contributed by atoms with van der Waals surface area (Å²) < 4.78 is 6.71. The molecule has 0 spiro atoms. The molecule has 1 N–H and O–H groups in total. The molecular weight excluding hydrogens is 278 g/mol. The van der Waals surface area contributed by atoms with Crippen LogP contribution in [0.4, 0.5) is 0 Å². The first-order valence-electron chi connectivity index (χ1n) is 6.44. The summed E-state index contributed by atoms with van der Waals surface area (Å²) in [7, 11) is 0. The van der Waals surface area contributed by atoms with Crippen LogP contribution in [-0.2, 0) is 20.7 Å². The Balaban J connectivity index is 1.84. The van der Waals surface area contributed by atoms with Crippen LogP contribution in [0.1, 0.15) is 24.7 Å². The van der Waals surface area contributed by atoms with Crippen LogP contribution in [0.3, 0.4) is 0 Å².